The van der Waals surface area contributed by atoms with E-state index in [4.69, 9.17) is 9.15 Å². The van der Waals surface area contributed by atoms with Gasteiger partial charge in [-0.2, -0.15) is 0 Å². The molecule has 3 rings (SSSR count). The summed E-state index contributed by atoms with van der Waals surface area (Å²) in [6.45, 7) is 2.54. The Labute approximate surface area is 155 Å². The molecule has 0 bridgehead atoms. The van der Waals surface area contributed by atoms with E-state index in [9.17, 15) is 4.79 Å². The van der Waals surface area contributed by atoms with E-state index in [1.54, 1.807) is 6.07 Å². The number of amides is 1. The number of carbonyl (C=O) groups is 1. The first-order valence-electron chi connectivity index (χ1n) is 9.30. The molecule has 1 atom stereocenters. The Hall–Kier alpha value is -2.11. The average molecular weight is 356 g/mol. The molecule has 5 nitrogen and oxygen atoms in total. The van der Waals surface area contributed by atoms with Gasteiger partial charge in [-0.05, 0) is 51.1 Å². The second kappa shape index (κ2) is 9.01. The quantitative estimate of drug-likeness (QED) is 0.764. The predicted molar refractivity (Wildman–Crippen MR) is 101 cm³/mol. The van der Waals surface area contributed by atoms with Crippen LogP contribution in [0.5, 0.6) is 0 Å². The molecule has 2 heterocycles. The van der Waals surface area contributed by atoms with Crippen molar-refractivity contribution in [3.05, 3.63) is 59.5 Å². The van der Waals surface area contributed by atoms with Gasteiger partial charge in [0, 0.05) is 13.1 Å². The number of nitrogens with zero attached hydrogens (tertiary/aromatic N) is 2. The number of ether oxygens (including phenoxy) is 1. The summed E-state index contributed by atoms with van der Waals surface area (Å²) >= 11 is 0. The summed E-state index contributed by atoms with van der Waals surface area (Å²) in [5, 5.41) is 0. The molecule has 1 amide bonds. The molecule has 1 aromatic heterocycles. The minimum Gasteiger partial charge on any atom is -0.455 e. The maximum absolute atomic E-state index is 12.7. The first-order valence-corrected chi connectivity index (χ1v) is 9.30. The molecule has 0 radical (unpaired) electrons. The van der Waals surface area contributed by atoms with Crippen molar-refractivity contribution in [2.24, 2.45) is 0 Å². The molecule has 1 aliphatic heterocycles. The Morgan fingerprint density at radius 1 is 1.19 bits per heavy atom. The van der Waals surface area contributed by atoms with Crippen molar-refractivity contribution in [1.82, 2.24) is 9.80 Å². The summed E-state index contributed by atoms with van der Waals surface area (Å²) < 4.78 is 11.6. The summed E-state index contributed by atoms with van der Waals surface area (Å²) in [6.07, 6.45) is 3.17. The molecule has 0 spiro atoms. The van der Waals surface area contributed by atoms with E-state index in [1.165, 1.54) is 5.56 Å². The molecule has 1 aromatic carbocycles. The molecule has 1 fully saturated rings. The Kier molecular flexibility index (Phi) is 6.47. The highest BCUT2D eigenvalue weighted by Gasteiger charge is 2.26. The van der Waals surface area contributed by atoms with Crippen LogP contribution in [0.25, 0.3) is 0 Å². The lowest BCUT2D eigenvalue weighted by Crippen LogP contribution is -2.45. The van der Waals surface area contributed by atoms with Crippen molar-refractivity contribution in [1.29, 1.82) is 0 Å². The van der Waals surface area contributed by atoms with Crippen molar-refractivity contribution in [3.8, 4) is 0 Å². The average Bonchev–Trinajstić information content (AvgIpc) is 3.10. The van der Waals surface area contributed by atoms with Crippen molar-refractivity contribution in [3.63, 3.8) is 0 Å². The lowest BCUT2D eigenvalue weighted by molar-refractivity contribution is -0.0264. The number of furan rings is 1. The van der Waals surface area contributed by atoms with Crippen LogP contribution in [0.3, 0.4) is 0 Å². The second-order valence-electron chi connectivity index (χ2n) is 7.13. The van der Waals surface area contributed by atoms with E-state index < -0.39 is 0 Å². The fourth-order valence-electron chi connectivity index (χ4n) is 3.30. The summed E-state index contributed by atoms with van der Waals surface area (Å²) in [5.41, 5.74) is 1.35. The third-order valence-electron chi connectivity index (χ3n) is 4.60. The van der Waals surface area contributed by atoms with E-state index in [1.807, 2.05) is 36.0 Å². The van der Waals surface area contributed by atoms with Crippen LogP contribution < -0.4 is 0 Å². The standard InChI is InChI=1S/C21H28N2O3/c1-22(2)15-19-11-12-20(26-19)21(24)23-13-14-25-18(16-23)10-6-9-17-7-4-3-5-8-17/h3-5,7-8,11-12,18H,6,9-10,13-16H2,1-2H3/t18-/m0/s1. The minimum absolute atomic E-state index is 0.0358. The number of carbonyl (C=O) groups excluding carboxylic acids is 1. The summed E-state index contributed by atoms with van der Waals surface area (Å²) in [6, 6.07) is 14.1. The maximum atomic E-state index is 12.7. The van der Waals surface area contributed by atoms with Crippen molar-refractivity contribution in [2.75, 3.05) is 33.8 Å². The normalized spacial score (nSPS) is 17.7. The van der Waals surface area contributed by atoms with Crippen LogP contribution in [0.15, 0.2) is 46.9 Å². The summed E-state index contributed by atoms with van der Waals surface area (Å²) in [5.74, 6) is 1.20. The van der Waals surface area contributed by atoms with Crippen LogP contribution >= 0.6 is 0 Å². The molecule has 1 aliphatic rings. The SMILES string of the molecule is CN(C)Cc1ccc(C(=O)N2CCO[C@@H](CCCc3ccccc3)C2)o1. The second-order valence-corrected chi connectivity index (χ2v) is 7.13. The molecule has 2 aromatic rings. The number of aryl methyl sites for hydroxylation is 1. The molecule has 5 heteroatoms. The number of hydrogen-bond donors (Lipinski definition) is 0. The van der Waals surface area contributed by atoms with Gasteiger partial charge in [-0.1, -0.05) is 30.3 Å². The van der Waals surface area contributed by atoms with E-state index in [-0.39, 0.29) is 12.0 Å². The molecule has 140 valence electrons. The highest BCUT2D eigenvalue weighted by molar-refractivity contribution is 5.91. The Morgan fingerprint density at radius 3 is 2.77 bits per heavy atom. The van der Waals surface area contributed by atoms with Crippen molar-refractivity contribution in [2.45, 2.75) is 31.9 Å². The molecular formula is C21H28N2O3. The molecular weight excluding hydrogens is 328 g/mol. The van der Waals surface area contributed by atoms with Crippen LogP contribution in [-0.4, -0.2) is 55.6 Å². The van der Waals surface area contributed by atoms with Gasteiger partial charge in [0.2, 0.25) is 0 Å². The molecule has 0 unspecified atom stereocenters. The van der Waals surface area contributed by atoms with Crippen molar-refractivity contribution >= 4 is 5.91 Å². The largest absolute Gasteiger partial charge is 0.455 e. The molecule has 26 heavy (non-hydrogen) atoms. The van der Waals surface area contributed by atoms with Gasteiger partial charge in [0.05, 0.1) is 19.3 Å². The van der Waals surface area contributed by atoms with E-state index in [0.29, 0.717) is 32.0 Å². The number of rotatable bonds is 7. The van der Waals surface area contributed by atoms with Crippen molar-refractivity contribution < 1.29 is 13.9 Å². The van der Waals surface area contributed by atoms with Crippen LogP contribution in [0.4, 0.5) is 0 Å². The highest BCUT2D eigenvalue weighted by Crippen LogP contribution is 2.17. The van der Waals surface area contributed by atoms with Gasteiger partial charge in [0.25, 0.3) is 5.91 Å². The van der Waals surface area contributed by atoms with Crippen LogP contribution in [0, 0.1) is 0 Å². The number of benzene rings is 1. The highest BCUT2D eigenvalue weighted by atomic mass is 16.5. The van der Waals surface area contributed by atoms with Crippen LogP contribution in [0.2, 0.25) is 0 Å². The lowest BCUT2D eigenvalue weighted by Gasteiger charge is -2.32. The topological polar surface area (TPSA) is 45.9 Å². The van der Waals surface area contributed by atoms with Gasteiger partial charge in [0.15, 0.2) is 5.76 Å². The monoisotopic (exact) mass is 356 g/mol. The number of morpholine rings is 1. The Balaban J connectivity index is 1.49. The predicted octanol–water partition coefficient (Wildman–Crippen LogP) is 3.21. The van der Waals surface area contributed by atoms with Gasteiger partial charge in [-0.3, -0.25) is 4.79 Å². The smallest absolute Gasteiger partial charge is 0.289 e. The lowest BCUT2D eigenvalue weighted by atomic mass is 10.1. The maximum Gasteiger partial charge on any atom is 0.289 e. The van der Waals surface area contributed by atoms with E-state index >= 15 is 0 Å². The third-order valence-corrected chi connectivity index (χ3v) is 4.60. The van der Waals surface area contributed by atoms with E-state index in [0.717, 1.165) is 25.0 Å². The zero-order valence-corrected chi connectivity index (χ0v) is 15.7. The van der Waals surface area contributed by atoms with Gasteiger partial charge in [-0.25, -0.2) is 0 Å². The van der Waals surface area contributed by atoms with Crippen LogP contribution in [-0.2, 0) is 17.7 Å². The Morgan fingerprint density at radius 2 is 2.00 bits per heavy atom. The van der Waals surface area contributed by atoms with Gasteiger partial charge < -0.3 is 19.0 Å². The van der Waals surface area contributed by atoms with Gasteiger partial charge in [-0.15, -0.1) is 0 Å². The zero-order chi connectivity index (χ0) is 18.4. The molecule has 0 aliphatic carbocycles. The third kappa shape index (κ3) is 5.19. The first-order chi connectivity index (χ1) is 12.6. The first kappa shape index (κ1) is 18.7. The van der Waals surface area contributed by atoms with Gasteiger partial charge in [0.1, 0.15) is 5.76 Å². The summed E-state index contributed by atoms with van der Waals surface area (Å²) in [4.78, 5) is 16.6. The summed E-state index contributed by atoms with van der Waals surface area (Å²) in [7, 11) is 3.96. The van der Waals surface area contributed by atoms with E-state index in [2.05, 4.69) is 24.3 Å². The fourth-order valence-corrected chi connectivity index (χ4v) is 3.30. The zero-order valence-electron chi connectivity index (χ0n) is 15.7. The van der Waals surface area contributed by atoms with Crippen LogP contribution in [0.1, 0.15) is 34.7 Å². The number of hydrogen-bond acceptors (Lipinski definition) is 4. The Bertz CT molecular complexity index is 696. The molecule has 1 saturated heterocycles. The minimum atomic E-state index is -0.0358. The molecule has 0 N–H and O–H groups in total. The molecule has 0 saturated carbocycles. The fraction of sp³-hybridized carbons (Fsp3) is 0.476. The van der Waals surface area contributed by atoms with Gasteiger partial charge >= 0.3 is 0 Å².